The van der Waals surface area contributed by atoms with Gasteiger partial charge < -0.3 is 10.1 Å². The highest BCUT2D eigenvalue weighted by molar-refractivity contribution is 6.35. The average molecular weight is 327 g/mol. The van der Waals surface area contributed by atoms with Crippen LogP contribution in [-0.4, -0.2) is 34.0 Å². The molecule has 0 aliphatic rings. The zero-order valence-corrected chi connectivity index (χ0v) is 12.6. The number of amides is 1. The molecule has 0 saturated carbocycles. The summed E-state index contributed by atoms with van der Waals surface area (Å²) in [6.07, 6.45) is 4.38. The number of halogens is 2. The van der Waals surface area contributed by atoms with Crippen LogP contribution in [0.4, 0.5) is 0 Å². The van der Waals surface area contributed by atoms with Crippen molar-refractivity contribution in [3.8, 4) is 5.88 Å². The molecule has 0 aliphatic heterocycles. The van der Waals surface area contributed by atoms with E-state index in [1.165, 1.54) is 24.7 Å². The van der Waals surface area contributed by atoms with Crippen LogP contribution < -0.4 is 10.1 Å². The maximum atomic E-state index is 11.8. The number of nitrogens with one attached hydrogen (secondary N) is 1. The van der Waals surface area contributed by atoms with Crippen LogP contribution in [0.2, 0.25) is 10.0 Å². The molecular formula is C13H12Cl2N4O2. The molecule has 2 aromatic heterocycles. The van der Waals surface area contributed by atoms with E-state index in [4.69, 9.17) is 27.9 Å². The molecule has 2 rings (SSSR count). The lowest BCUT2D eigenvalue weighted by Crippen LogP contribution is -2.29. The zero-order valence-electron chi connectivity index (χ0n) is 11.1. The summed E-state index contributed by atoms with van der Waals surface area (Å²) in [5.41, 5.74) is 1.00. The molecule has 1 N–H and O–H groups in total. The summed E-state index contributed by atoms with van der Waals surface area (Å²) in [4.78, 5) is 23.7. The lowest BCUT2D eigenvalue weighted by atomic mass is 10.4. The van der Waals surface area contributed by atoms with E-state index in [0.717, 1.165) is 5.69 Å². The Hall–Kier alpha value is -1.92. The van der Waals surface area contributed by atoms with Gasteiger partial charge in [0.1, 0.15) is 17.3 Å². The second kappa shape index (κ2) is 7.19. The highest BCUT2D eigenvalue weighted by Gasteiger charge is 2.08. The summed E-state index contributed by atoms with van der Waals surface area (Å²) >= 11 is 11.6. The quantitative estimate of drug-likeness (QED) is 0.853. The molecule has 0 fully saturated rings. The molecule has 0 atom stereocenters. The highest BCUT2D eigenvalue weighted by atomic mass is 35.5. The molecule has 8 heteroatoms. The summed E-state index contributed by atoms with van der Waals surface area (Å²) in [7, 11) is 0. The summed E-state index contributed by atoms with van der Waals surface area (Å²) in [6, 6.07) is 1.53. The fourth-order valence-electron chi connectivity index (χ4n) is 1.42. The van der Waals surface area contributed by atoms with Crippen molar-refractivity contribution in [3.63, 3.8) is 0 Å². The minimum absolute atomic E-state index is 0.222. The van der Waals surface area contributed by atoms with Gasteiger partial charge in [-0.25, -0.2) is 9.97 Å². The Morgan fingerprint density at radius 2 is 2.05 bits per heavy atom. The number of pyridine rings is 1. The van der Waals surface area contributed by atoms with Crippen LogP contribution in [0.5, 0.6) is 5.88 Å². The van der Waals surface area contributed by atoms with Crippen LogP contribution in [-0.2, 0) is 0 Å². The van der Waals surface area contributed by atoms with Crippen LogP contribution in [0.1, 0.15) is 16.2 Å². The van der Waals surface area contributed by atoms with Gasteiger partial charge in [0.2, 0.25) is 5.88 Å². The van der Waals surface area contributed by atoms with Gasteiger partial charge in [0, 0.05) is 12.4 Å². The standard InChI is InChI=1S/C13H12Cl2N4O2/c1-8-5-18-11(7-17-8)12(20)16-2-3-21-13-10(15)4-9(14)6-19-13/h4-7H,2-3H2,1H3,(H,16,20). The lowest BCUT2D eigenvalue weighted by molar-refractivity contribution is 0.0941. The smallest absolute Gasteiger partial charge is 0.271 e. The maximum Gasteiger partial charge on any atom is 0.271 e. The van der Waals surface area contributed by atoms with Crippen molar-refractivity contribution in [2.75, 3.05) is 13.2 Å². The molecular weight excluding hydrogens is 315 g/mol. The normalized spacial score (nSPS) is 10.2. The highest BCUT2D eigenvalue weighted by Crippen LogP contribution is 2.24. The Kier molecular flexibility index (Phi) is 5.30. The van der Waals surface area contributed by atoms with Gasteiger partial charge in [0.15, 0.2) is 0 Å². The molecule has 0 bridgehead atoms. The molecule has 0 radical (unpaired) electrons. The van der Waals surface area contributed by atoms with Crippen LogP contribution in [0, 0.1) is 6.92 Å². The SMILES string of the molecule is Cc1cnc(C(=O)NCCOc2ncc(Cl)cc2Cl)cn1. The molecule has 0 aliphatic carbocycles. The molecule has 0 aromatic carbocycles. The Morgan fingerprint density at radius 1 is 1.24 bits per heavy atom. The van der Waals surface area contributed by atoms with E-state index in [1.807, 2.05) is 0 Å². The first-order valence-corrected chi connectivity index (χ1v) is 6.82. The molecule has 21 heavy (non-hydrogen) atoms. The van der Waals surface area contributed by atoms with Gasteiger partial charge in [-0.1, -0.05) is 23.2 Å². The van der Waals surface area contributed by atoms with Gasteiger partial charge in [0.25, 0.3) is 5.91 Å². The number of aryl methyl sites for hydroxylation is 1. The molecule has 0 saturated heterocycles. The van der Waals surface area contributed by atoms with E-state index >= 15 is 0 Å². The van der Waals surface area contributed by atoms with Crippen molar-refractivity contribution in [2.45, 2.75) is 6.92 Å². The van der Waals surface area contributed by atoms with E-state index in [9.17, 15) is 4.79 Å². The van der Waals surface area contributed by atoms with Crippen LogP contribution >= 0.6 is 23.2 Å². The first-order valence-electron chi connectivity index (χ1n) is 6.07. The van der Waals surface area contributed by atoms with Crippen LogP contribution in [0.15, 0.2) is 24.7 Å². The number of aromatic nitrogens is 3. The van der Waals surface area contributed by atoms with Crippen molar-refractivity contribution >= 4 is 29.1 Å². The predicted octanol–water partition coefficient (Wildman–Crippen LogP) is 2.30. The van der Waals surface area contributed by atoms with Gasteiger partial charge in [-0.2, -0.15) is 0 Å². The van der Waals surface area contributed by atoms with Crippen LogP contribution in [0.3, 0.4) is 0 Å². The molecule has 110 valence electrons. The number of rotatable bonds is 5. The number of carbonyl (C=O) groups is 1. The van der Waals surface area contributed by atoms with Crippen molar-refractivity contribution in [2.24, 2.45) is 0 Å². The van der Waals surface area contributed by atoms with Crippen molar-refractivity contribution in [3.05, 3.63) is 46.1 Å². The van der Waals surface area contributed by atoms with Gasteiger partial charge in [-0.05, 0) is 13.0 Å². The minimum Gasteiger partial charge on any atom is -0.475 e. The Bertz CT molecular complexity index is 635. The lowest BCUT2D eigenvalue weighted by Gasteiger charge is -2.08. The third-order valence-electron chi connectivity index (χ3n) is 2.41. The summed E-state index contributed by atoms with van der Waals surface area (Å²) < 4.78 is 5.34. The molecule has 0 unspecified atom stereocenters. The molecule has 1 amide bonds. The van der Waals surface area contributed by atoms with Gasteiger partial charge in [-0.3, -0.25) is 9.78 Å². The van der Waals surface area contributed by atoms with E-state index in [2.05, 4.69) is 20.3 Å². The Labute approximate surface area is 131 Å². The first kappa shape index (κ1) is 15.5. The minimum atomic E-state index is -0.318. The van der Waals surface area contributed by atoms with Crippen molar-refractivity contribution in [1.82, 2.24) is 20.3 Å². The fraction of sp³-hybridized carbons (Fsp3) is 0.231. The maximum absolute atomic E-state index is 11.8. The monoisotopic (exact) mass is 326 g/mol. The van der Waals surface area contributed by atoms with E-state index in [-0.39, 0.29) is 30.6 Å². The topological polar surface area (TPSA) is 77.0 Å². The van der Waals surface area contributed by atoms with E-state index in [0.29, 0.717) is 10.0 Å². The van der Waals surface area contributed by atoms with Crippen molar-refractivity contribution in [1.29, 1.82) is 0 Å². The molecule has 0 spiro atoms. The van der Waals surface area contributed by atoms with Crippen molar-refractivity contribution < 1.29 is 9.53 Å². The summed E-state index contributed by atoms with van der Waals surface area (Å²) in [5, 5.41) is 3.40. The van der Waals surface area contributed by atoms with Gasteiger partial charge >= 0.3 is 0 Å². The van der Waals surface area contributed by atoms with E-state index in [1.54, 1.807) is 6.92 Å². The average Bonchev–Trinajstić information content (AvgIpc) is 2.46. The third-order valence-corrected chi connectivity index (χ3v) is 2.89. The largest absolute Gasteiger partial charge is 0.475 e. The van der Waals surface area contributed by atoms with E-state index < -0.39 is 0 Å². The number of nitrogens with zero attached hydrogens (tertiary/aromatic N) is 3. The second-order valence-electron chi connectivity index (χ2n) is 4.09. The van der Waals surface area contributed by atoms with Gasteiger partial charge in [-0.15, -0.1) is 0 Å². The number of hydrogen-bond acceptors (Lipinski definition) is 5. The van der Waals surface area contributed by atoms with Crippen LogP contribution in [0.25, 0.3) is 0 Å². The molecule has 2 aromatic rings. The summed E-state index contributed by atoms with van der Waals surface area (Å²) in [6.45, 7) is 2.31. The Morgan fingerprint density at radius 3 is 2.71 bits per heavy atom. The Balaban J connectivity index is 1.79. The van der Waals surface area contributed by atoms with Gasteiger partial charge in [0.05, 0.1) is 23.5 Å². The predicted molar refractivity (Wildman–Crippen MR) is 78.9 cm³/mol. The number of ether oxygens (including phenoxy) is 1. The number of carbonyl (C=O) groups excluding carboxylic acids is 1. The fourth-order valence-corrected chi connectivity index (χ4v) is 1.86. The first-order chi connectivity index (χ1) is 10.1. The molecule has 2 heterocycles. The molecule has 6 nitrogen and oxygen atoms in total. The summed E-state index contributed by atoms with van der Waals surface area (Å²) in [5.74, 6) is -0.0493. The zero-order chi connectivity index (χ0) is 15.2. The number of hydrogen-bond donors (Lipinski definition) is 1. The second-order valence-corrected chi connectivity index (χ2v) is 4.93. The third kappa shape index (κ3) is 4.54.